The summed E-state index contributed by atoms with van der Waals surface area (Å²) in [5.41, 5.74) is 0. The van der Waals surface area contributed by atoms with Crippen molar-refractivity contribution in [2.24, 2.45) is 17.8 Å². The molecule has 0 amide bonds. The highest BCUT2D eigenvalue weighted by atomic mass is 16.1. The molecule has 0 radical (unpaired) electrons. The highest BCUT2D eigenvalue weighted by Crippen LogP contribution is 2.33. The predicted octanol–water partition coefficient (Wildman–Crippen LogP) is 3.43. The molecule has 0 aromatic carbocycles. The van der Waals surface area contributed by atoms with Crippen LogP contribution in [0.3, 0.4) is 0 Å². The van der Waals surface area contributed by atoms with Gasteiger partial charge in [0, 0.05) is 6.42 Å². The SMILES string of the molecule is CC(C)CC1CCC(CC=O)CC1. The van der Waals surface area contributed by atoms with Gasteiger partial charge in [0.2, 0.25) is 0 Å². The maximum Gasteiger partial charge on any atom is 0.120 e. The molecule has 0 aromatic heterocycles. The third-order valence-electron chi connectivity index (χ3n) is 3.20. The Bertz CT molecular complexity index is 143. The monoisotopic (exact) mass is 182 g/mol. The van der Waals surface area contributed by atoms with Crippen LogP contribution in [-0.4, -0.2) is 6.29 Å². The van der Waals surface area contributed by atoms with Crippen molar-refractivity contribution in [3.05, 3.63) is 0 Å². The molecular formula is C12H22O. The highest BCUT2D eigenvalue weighted by Gasteiger charge is 2.21. The second-order valence-electron chi connectivity index (χ2n) is 4.92. The van der Waals surface area contributed by atoms with Gasteiger partial charge in [0.05, 0.1) is 0 Å². The molecule has 1 rings (SSSR count). The Morgan fingerprint density at radius 2 is 1.69 bits per heavy atom. The lowest BCUT2D eigenvalue weighted by Gasteiger charge is -2.28. The number of carbonyl (C=O) groups is 1. The van der Waals surface area contributed by atoms with Crippen molar-refractivity contribution >= 4 is 6.29 Å². The van der Waals surface area contributed by atoms with Gasteiger partial charge < -0.3 is 4.79 Å². The van der Waals surface area contributed by atoms with Crippen molar-refractivity contribution in [1.29, 1.82) is 0 Å². The number of carbonyl (C=O) groups excluding carboxylic acids is 1. The lowest BCUT2D eigenvalue weighted by molar-refractivity contribution is -0.108. The van der Waals surface area contributed by atoms with Crippen LogP contribution >= 0.6 is 0 Å². The van der Waals surface area contributed by atoms with Crippen LogP contribution < -0.4 is 0 Å². The van der Waals surface area contributed by atoms with Gasteiger partial charge in [-0.2, -0.15) is 0 Å². The Labute approximate surface area is 81.9 Å². The van der Waals surface area contributed by atoms with Crippen LogP contribution in [0.4, 0.5) is 0 Å². The molecule has 1 aliphatic carbocycles. The summed E-state index contributed by atoms with van der Waals surface area (Å²) in [6.45, 7) is 4.61. The fourth-order valence-electron chi connectivity index (χ4n) is 2.51. The van der Waals surface area contributed by atoms with E-state index in [2.05, 4.69) is 13.8 Å². The molecular weight excluding hydrogens is 160 g/mol. The summed E-state index contributed by atoms with van der Waals surface area (Å²) in [5.74, 6) is 2.50. The smallest absolute Gasteiger partial charge is 0.120 e. The Hall–Kier alpha value is -0.330. The summed E-state index contributed by atoms with van der Waals surface area (Å²) in [5, 5.41) is 0. The third-order valence-corrected chi connectivity index (χ3v) is 3.20. The molecule has 0 aliphatic heterocycles. The number of hydrogen-bond donors (Lipinski definition) is 0. The standard InChI is InChI=1S/C12H22O/c1-10(2)9-12-5-3-11(4-6-12)7-8-13/h8,10-12H,3-7,9H2,1-2H3. The Morgan fingerprint density at radius 3 is 2.15 bits per heavy atom. The van der Waals surface area contributed by atoms with E-state index in [1.54, 1.807) is 0 Å². The van der Waals surface area contributed by atoms with Crippen LogP contribution in [0.25, 0.3) is 0 Å². The van der Waals surface area contributed by atoms with Crippen LogP contribution in [0.5, 0.6) is 0 Å². The summed E-state index contributed by atoms with van der Waals surface area (Å²) in [4.78, 5) is 10.3. The molecule has 0 saturated heterocycles. The van der Waals surface area contributed by atoms with Crippen molar-refractivity contribution in [2.45, 2.75) is 52.4 Å². The fourth-order valence-corrected chi connectivity index (χ4v) is 2.51. The topological polar surface area (TPSA) is 17.1 Å². The predicted molar refractivity (Wildman–Crippen MR) is 55.6 cm³/mol. The van der Waals surface area contributed by atoms with Crippen LogP contribution in [0.2, 0.25) is 0 Å². The van der Waals surface area contributed by atoms with Crippen LogP contribution in [0.15, 0.2) is 0 Å². The van der Waals surface area contributed by atoms with Crippen molar-refractivity contribution in [3.63, 3.8) is 0 Å². The Kier molecular flexibility index (Phi) is 4.47. The molecule has 1 nitrogen and oxygen atoms in total. The van der Waals surface area contributed by atoms with E-state index < -0.39 is 0 Å². The minimum atomic E-state index is 0.709. The molecule has 1 saturated carbocycles. The molecule has 1 aliphatic rings. The lowest BCUT2D eigenvalue weighted by atomic mass is 9.78. The van der Waals surface area contributed by atoms with Crippen molar-refractivity contribution < 1.29 is 4.79 Å². The number of rotatable bonds is 4. The molecule has 0 spiro atoms. The molecule has 0 aromatic rings. The third kappa shape index (κ3) is 3.93. The molecule has 0 heterocycles. The molecule has 13 heavy (non-hydrogen) atoms. The zero-order chi connectivity index (χ0) is 9.68. The van der Waals surface area contributed by atoms with E-state index in [0.717, 1.165) is 24.5 Å². The largest absolute Gasteiger partial charge is 0.303 e. The van der Waals surface area contributed by atoms with E-state index in [4.69, 9.17) is 0 Å². The van der Waals surface area contributed by atoms with Crippen LogP contribution in [0.1, 0.15) is 52.4 Å². The second-order valence-corrected chi connectivity index (χ2v) is 4.92. The molecule has 0 N–H and O–H groups in total. The van der Waals surface area contributed by atoms with E-state index in [9.17, 15) is 4.79 Å². The molecule has 1 fully saturated rings. The first-order valence-corrected chi connectivity index (χ1v) is 5.66. The first-order valence-electron chi connectivity index (χ1n) is 5.66. The van der Waals surface area contributed by atoms with Crippen molar-refractivity contribution in [2.75, 3.05) is 0 Å². The van der Waals surface area contributed by atoms with Gasteiger partial charge in [-0.3, -0.25) is 0 Å². The minimum absolute atomic E-state index is 0.709. The molecule has 0 unspecified atom stereocenters. The summed E-state index contributed by atoms with van der Waals surface area (Å²) < 4.78 is 0. The average Bonchev–Trinajstić information content (AvgIpc) is 2.08. The van der Waals surface area contributed by atoms with Gasteiger partial charge in [-0.05, 0) is 37.0 Å². The zero-order valence-corrected chi connectivity index (χ0v) is 8.96. The second kappa shape index (κ2) is 5.41. The van der Waals surface area contributed by atoms with E-state index in [1.165, 1.54) is 32.1 Å². The highest BCUT2D eigenvalue weighted by molar-refractivity contribution is 5.49. The van der Waals surface area contributed by atoms with E-state index in [1.807, 2.05) is 0 Å². The van der Waals surface area contributed by atoms with Crippen LogP contribution in [-0.2, 0) is 4.79 Å². The van der Waals surface area contributed by atoms with Crippen molar-refractivity contribution in [3.8, 4) is 0 Å². The fraction of sp³-hybridized carbons (Fsp3) is 0.917. The number of hydrogen-bond acceptors (Lipinski definition) is 1. The first kappa shape index (κ1) is 10.7. The summed E-state index contributed by atoms with van der Waals surface area (Å²) in [7, 11) is 0. The summed E-state index contributed by atoms with van der Waals surface area (Å²) in [6, 6.07) is 0. The van der Waals surface area contributed by atoms with E-state index >= 15 is 0 Å². The maximum absolute atomic E-state index is 10.3. The van der Waals surface area contributed by atoms with E-state index in [-0.39, 0.29) is 0 Å². The van der Waals surface area contributed by atoms with Gasteiger partial charge >= 0.3 is 0 Å². The molecule has 0 bridgehead atoms. The maximum atomic E-state index is 10.3. The number of aldehydes is 1. The Balaban J connectivity index is 2.18. The van der Waals surface area contributed by atoms with Gasteiger partial charge in [-0.1, -0.05) is 26.7 Å². The summed E-state index contributed by atoms with van der Waals surface area (Å²) in [6.07, 6.45) is 8.56. The lowest BCUT2D eigenvalue weighted by Crippen LogP contribution is -2.16. The quantitative estimate of drug-likeness (QED) is 0.609. The van der Waals surface area contributed by atoms with Gasteiger partial charge in [-0.15, -0.1) is 0 Å². The first-order chi connectivity index (χ1) is 6.22. The molecule has 0 atom stereocenters. The van der Waals surface area contributed by atoms with E-state index in [0.29, 0.717) is 5.92 Å². The zero-order valence-electron chi connectivity index (χ0n) is 8.96. The van der Waals surface area contributed by atoms with Gasteiger partial charge in [0.25, 0.3) is 0 Å². The van der Waals surface area contributed by atoms with Crippen molar-refractivity contribution in [1.82, 2.24) is 0 Å². The molecule has 76 valence electrons. The molecule has 1 heteroatoms. The average molecular weight is 182 g/mol. The summed E-state index contributed by atoms with van der Waals surface area (Å²) >= 11 is 0. The van der Waals surface area contributed by atoms with Crippen LogP contribution in [0, 0.1) is 17.8 Å². The van der Waals surface area contributed by atoms with Gasteiger partial charge in [-0.25, -0.2) is 0 Å². The minimum Gasteiger partial charge on any atom is -0.303 e. The van der Waals surface area contributed by atoms with Gasteiger partial charge in [0.15, 0.2) is 0 Å². The normalized spacial score (nSPS) is 29.2. The Morgan fingerprint density at radius 1 is 1.15 bits per heavy atom. The van der Waals surface area contributed by atoms with Gasteiger partial charge in [0.1, 0.15) is 6.29 Å².